The fourth-order valence-corrected chi connectivity index (χ4v) is 4.03. The molecule has 2 aliphatic rings. The van der Waals surface area contributed by atoms with Gasteiger partial charge in [-0.3, -0.25) is 19.4 Å². The van der Waals surface area contributed by atoms with Crippen molar-refractivity contribution in [1.29, 1.82) is 0 Å². The van der Waals surface area contributed by atoms with E-state index in [0.29, 0.717) is 38.8 Å². The predicted octanol–water partition coefficient (Wildman–Crippen LogP) is 3.28. The lowest BCUT2D eigenvalue weighted by molar-refractivity contribution is -0.137. The van der Waals surface area contributed by atoms with Crippen LogP contribution in [0, 0.1) is 0 Å². The standard InChI is InChI=1S/C24H27F3N4O2/c25-24(26,27)18-7-4-8-20(15-18)29-23(33)22(17-5-2-1-3-6-17)31-13-11-30(12-14-31)16-21(32)28-19-9-10-19/h1-8,15,19,22H,9-14,16H2,(H,28,32)(H,29,33)/t22-/m1/s1. The Morgan fingerprint density at radius 1 is 0.970 bits per heavy atom. The lowest BCUT2D eigenvalue weighted by Crippen LogP contribution is -2.52. The summed E-state index contributed by atoms with van der Waals surface area (Å²) >= 11 is 0. The number of alkyl halides is 3. The molecule has 4 rings (SSSR count). The molecule has 176 valence electrons. The summed E-state index contributed by atoms with van der Waals surface area (Å²) in [7, 11) is 0. The summed E-state index contributed by atoms with van der Waals surface area (Å²) in [5.41, 5.74) is 0.0580. The van der Waals surface area contributed by atoms with Gasteiger partial charge in [0.1, 0.15) is 6.04 Å². The summed E-state index contributed by atoms with van der Waals surface area (Å²) in [5.74, 6) is -0.367. The Kier molecular flexibility index (Phi) is 6.99. The largest absolute Gasteiger partial charge is 0.416 e. The third kappa shape index (κ3) is 6.33. The molecule has 2 amide bonds. The van der Waals surface area contributed by atoms with Crippen LogP contribution >= 0.6 is 0 Å². The Morgan fingerprint density at radius 3 is 2.30 bits per heavy atom. The molecule has 0 spiro atoms. The van der Waals surface area contributed by atoms with Crippen molar-refractivity contribution in [2.24, 2.45) is 0 Å². The monoisotopic (exact) mass is 460 g/mol. The molecule has 1 aliphatic heterocycles. The number of carbonyl (C=O) groups is 2. The molecule has 2 N–H and O–H groups in total. The van der Waals surface area contributed by atoms with E-state index in [-0.39, 0.29) is 17.5 Å². The zero-order valence-electron chi connectivity index (χ0n) is 18.1. The van der Waals surface area contributed by atoms with Crippen molar-refractivity contribution in [3.8, 4) is 0 Å². The minimum absolute atomic E-state index is 0.0212. The molecule has 1 saturated carbocycles. The van der Waals surface area contributed by atoms with Gasteiger partial charge in [-0.15, -0.1) is 0 Å². The average Bonchev–Trinajstić information content (AvgIpc) is 3.59. The highest BCUT2D eigenvalue weighted by Gasteiger charge is 2.33. The van der Waals surface area contributed by atoms with E-state index in [4.69, 9.17) is 0 Å². The van der Waals surface area contributed by atoms with Gasteiger partial charge >= 0.3 is 6.18 Å². The number of carbonyl (C=O) groups excluding carboxylic acids is 2. The normalized spacial score (nSPS) is 18.5. The van der Waals surface area contributed by atoms with Crippen LogP contribution in [0.25, 0.3) is 0 Å². The Bertz CT molecular complexity index is 971. The Labute approximate surface area is 190 Å². The second-order valence-electron chi connectivity index (χ2n) is 8.53. The molecule has 0 aromatic heterocycles. The maximum Gasteiger partial charge on any atom is 0.416 e. The average molecular weight is 461 g/mol. The van der Waals surface area contributed by atoms with Gasteiger partial charge in [0.15, 0.2) is 0 Å². The molecule has 9 heteroatoms. The van der Waals surface area contributed by atoms with Gasteiger partial charge in [0.2, 0.25) is 11.8 Å². The first-order valence-electron chi connectivity index (χ1n) is 11.1. The van der Waals surface area contributed by atoms with Gasteiger partial charge in [-0.05, 0) is 36.6 Å². The molecule has 33 heavy (non-hydrogen) atoms. The zero-order valence-corrected chi connectivity index (χ0v) is 18.1. The lowest BCUT2D eigenvalue weighted by Gasteiger charge is -2.38. The molecule has 2 fully saturated rings. The molecule has 1 heterocycles. The highest BCUT2D eigenvalue weighted by molar-refractivity contribution is 5.95. The Balaban J connectivity index is 1.44. The van der Waals surface area contributed by atoms with Crippen molar-refractivity contribution in [2.75, 3.05) is 38.0 Å². The molecule has 1 saturated heterocycles. The van der Waals surface area contributed by atoms with E-state index in [2.05, 4.69) is 15.5 Å². The Morgan fingerprint density at radius 2 is 1.67 bits per heavy atom. The van der Waals surface area contributed by atoms with Crippen LogP contribution in [0.5, 0.6) is 0 Å². The van der Waals surface area contributed by atoms with Gasteiger partial charge in [-0.2, -0.15) is 13.2 Å². The number of anilines is 1. The van der Waals surface area contributed by atoms with E-state index < -0.39 is 17.8 Å². The topological polar surface area (TPSA) is 64.7 Å². The van der Waals surface area contributed by atoms with Crippen LogP contribution in [0.15, 0.2) is 54.6 Å². The van der Waals surface area contributed by atoms with Gasteiger partial charge in [0, 0.05) is 37.9 Å². The number of hydrogen-bond acceptors (Lipinski definition) is 4. The summed E-state index contributed by atoms with van der Waals surface area (Å²) < 4.78 is 39.2. The van der Waals surface area contributed by atoms with E-state index in [1.165, 1.54) is 12.1 Å². The summed E-state index contributed by atoms with van der Waals surface area (Å²) in [6, 6.07) is 13.5. The number of hydrogen-bond donors (Lipinski definition) is 2. The second kappa shape index (κ2) is 9.93. The van der Waals surface area contributed by atoms with Crippen LogP contribution < -0.4 is 10.6 Å². The van der Waals surface area contributed by atoms with E-state index in [0.717, 1.165) is 30.5 Å². The minimum Gasteiger partial charge on any atom is -0.352 e. The molecule has 6 nitrogen and oxygen atoms in total. The van der Waals surface area contributed by atoms with E-state index in [1.807, 2.05) is 35.2 Å². The van der Waals surface area contributed by atoms with Gasteiger partial charge in [0.25, 0.3) is 0 Å². The Hall–Kier alpha value is -2.91. The second-order valence-corrected chi connectivity index (χ2v) is 8.53. The number of amides is 2. The third-order valence-electron chi connectivity index (χ3n) is 5.90. The van der Waals surface area contributed by atoms with Crippen LogP contribution in [-0.4, -0.2) is 60.4 Å². The van der Waals surface area contributed by atoms with E-state index in [1.54, 1.807) is 0 Å². The number of halogens is 3. The van der Waals surface area contributed by atoms with E-state index >= 15 is 0 Å². The van der Waals surface area contributed by atoms with Crippen molar-refractivity contribution in [3.05, 3.63) is 65.7 Å². The quantitative estimate of drug-likeness (QED) is 0.666. The molecule has 0 unspecified atom stereocenters. The van der Waals surface area contributed by atoms with Crippen LogP contribution in [-0.2, 0) is 15.8 Å². The van der Waals surface area contributed by atoms with E-state index in [9.17, 15) is 22.8 Å². The first kappa shape index (κ1) is 23.3. The SMILES string of the molecule is O=C(CN1CCN([C@@H](C(=O)Nc2cccc(C(F)(F)F)c2)c2ccccc2)CC1)NC1CC1. The summed E-state index contributed by atoms with van der Waals surface area (Å²) in [6.07, 6.45) is -2.40. The van der Waals surface area contributed by atoms with Gasteiger partial charge in [-0.1, -0.05) is 36.4 Å². The summed E-state index contributed by atoms with van der Waals surface area (Å²) in [6.45, 7) is 2.70. The molecule has 2 aromatic carbocycles. The lowest BCUT2D eigenvalue weighted by atomic mass is 10.0. The maximum atomic E-state index is 13.2. The smallest absolute Gasteiger partial charge is 0.352 e. The fourth-order valence-electron chi connectivity index (χ4n) is 4.03. The number of nitrogens with zero attached hydrogens (tertiary/aromatic N) is 2. The van der Waals surface area contributed by atoms with Gasteiger partial charge in [0.05, 0.1) is 12.1 Å². The first-order valence-corrected chi connectivity index (χ1v) is 11.1. The molecular formula is C24H27F3N4O2. The predicted molar refractivity (Wildman–Crippen MR) is 118 cm³/mol. The zero-order chi connectivity index (χ0) is 23.4. The number of benzene rings is 2. The number of piperazine rings is 1. The minimum atomic E-state index is -4.48. The first-order chi connectivity index (χ1) is 15.8. The highest BCUT2D eigenvalue weighted by atomic mass is 19.4. The number of rotatable bonds is 7. The summed E-state index contributed by atoms with van der Waals surface area (Å²) in [5, 5.41) is 5.65. The van der Waals surface area contributed by atoms with Crippen LogP contribution in [0.1, 0.15) is 30.0 Å². The van der Waals surface area contributed by atoms with Crippen molar-refractivity contribution < 1.29 is 22.8 Å². The van der Waals surface area contributed by atoms with Crippen LogP contribution in [0.4, 0.5) is 18.9 Å². The third-order valence-corrected chi connectivity index (χ3v) is 5.90. The summed E-state index contributed by atoms with van der Waals surface area (Å²) in [4.78, 5) is 29.4. The van der Waals surface area contributed by atoms with Gasteiger partial charge in [-0.25, -0.2) is 0 Å². The molecule has 1 aliphatic carbocycles. The van der Waals surface area contributed by atoms with Crippen molar-refractivity contribution >= 4 is 17.5 Å². The molecular weight excluding hydrogens is 433 g/mol. The van der Waals surface area contributed by atoms with Crippen molar-refractivity contribution in [1.82, 2.24) is 15.1 Å². The van der Waals surface area contributed by atoms with Crippen LogP contribution in [0.2, 0.25) is 0 Å². The maximum absolute atomic E-state index is 13.2. The molecule has 2 aromatic rings. The molecule has 0 radical (unpaired) electrons. The fraction of sp³-hybridized carbons (Fsp3) is 0.417. The van der Waals surface area contributed by atoms with Crippen molar-refractivity contribution in [2.45, 2.75) is 31.1 Å². The van der Waals surface area contributed by atoms with Crippen LogP contribution in [0.3, 0.4) is 0 Å². The van der Waals surface area contributed by atoms with Gasteiger partial charge < -0.3 is 10.6 Å². The van der Waals surface area contributed by atoms with Crippen molar-refractivity contribution in [3.63, 3.8) is 0 Å². The molecule has 1 atom stereocenters. The number of nitrogens with one attached hydrogen (secondary N) is 2. The highest BCUT2D eigenvalue weighted by Crippen LogP contribution is 2.31. The molecule has 0 bridgehead atoms.